The first-order valence-corrected chi connectivity index (χ1v) is 10.6. The van der Waals surface area contributed by atoms with Crippen LogP contribution in [-0.4, -0.2) is 0 Å². The standard InChI is InChI=1S/C24H38/c1-3-5-7-9-11-21-13-17-23(18-14-21)24-19-15-22(16-20-24)12-10-8-6-4-2/h13-14,17-19,22H,3-12,15-16,20H2,1-2H3. The second-order valence-corrected chi connectivity index (χ2v) is 7.73. The van der Waals surface area contributed by atoms with Crippen LogP contribution < -0.4 is 0 Å². The van der Waals surface area contributed by atoms with Crippen molar-refractivity contribution in [3.63, 3.8) is 0 Å². The summed E-state index contributed by atoms with van der Waals surface area (Å²) < 4.78 is 0. The van der Waals surface area contributed by atoms with E-state index in [0.717, 1.165) is 5.92 Å². The third kappa shape index (κ3) is 6.83. The second-order valence-electron chi connectivity index (χ2n) is 7.73. The minimum atomic E-state index is 0.948. The molecule has 2 rings (SSSR count). The van der Waals surface area contributed by atoms with E-state index in [4.69, 9.17) is 0 Å². The summed E-state index contributed by atoms with van der Waals surface area (Å²) in [6, 6.07) is 9.45. The van der Waals surface area contributed by atoms with Gasteiger partial charge >= 0.3 is 0 Å². The Kier molecular flexibility index (Phi) is 9.24. The quantitative estimate of drug-likeness (QED) is 0.362. The van der Waals surface area contributed by atoms with E-state index in [9.17, 15) is 0 Å². The third-order valence-electron chi connectivity index (χ3n) is 5.63. The summed E-state index contributed by atoms with van der Waals surface area (Å²) in [6.07, 6.45) is 20.3. The molecule has 0 aliphatic heterocycles. The van der Waals surface area contributed by atoms with E-state index in [1.54, 1.807) is 5.57 Å². The Bertz CT molecular complexity index is 465. The molecule has 0 saturated heterocycles. The minimum absolute atomic E-state index is 0.948. The van der Waals surface area contributed by atoms with Crippen molar-refractivity contribution in [3.05, 3.63) is 41.5 Å². The Hall–Kier alpha value is -1.04. The fourth-order valence-corrected chi connectivity index (χ4v) is 3.91. The van der Waals surface area contributed by atoms with Crippen LogP contribution in [0.1, 0.15) is 102 Å². The van der Waals surface area contributed by atoms with Gasteiger partial charge in [-0.2, -0.15) is 0 Å². The van der Waals surface area contributed by atoms with E-state index in [2.05, 4.69) is 44.2 Å². The monoisotopic (exact) mass is 326 g/mol. The van der Waals surface area contributed by atoms with Gasteiger partial charge in [0.05, 0.1) is 0 Å². The van der Waals surface area contributed by atoms with Crippen LogP contribution >= 0.6 is 0 Å². The summed E-state index contributed by atoms with van der Waals surface area (Å²) in [4.78, 5) is 0. The van der Waals surface area contributed by atoms with Crippen molar-refractivity contribution in [2.75, 3.05) is 0 Å². The van der Waals surface area contributed by atoms with Crippen LogP contribution in [0.2, 0.25) is 0 Å². The molecule has 0 saturated carbocycles. The fourth-order valence-electron chi connectivity index (χ4n) is 3.91. The van der Waals surface area contributed by atoms with Gasteiger partial charge in [-0.1, -0.05) is 95.6 Å². The summed E-state index contributed by atoms with van der Waals surface area (Å²) in [5.74, 6) is 0.948. The van der Waals surface area contributed by atoms with Gasteiger partial charge in [-0.05, 0) is 54.7 Å². The molecule has 0 spiro atoms. The Morgan fingerprint density at radius 3 is 2.17 bits per heavy atom. The molecule has 1 aliphatic carbocycles. The fraction of sp³-hybridized carbons (Fsp3) is 0.667. The molecule has 1 atom stereocenters. The van der Waals surface area contributed by atoms with Crippen molar-refractivity contribution >= 4 is 5.57 Å². The average molecular weight is 327 g/mol. The van der Waals surface area contributed by atoms with Gasteiger partial charge in [0.25, 0.3) is 0 Å². The van der Waals surface area contributed by atoms with E-state index in [1.165, 1.54) is 94.6 Å². The molecule has 0 amide bonds. The van der Waals surface area contributed by atoms with Gasteiger partial charge in [-0.25, -0.2) is 0 Å². The summed E-state index contributed by atoms with van der Waals surface area (Å²) in [6.45, 7) is 4.58. The van der Waals surface area contributed by atoms with Crippen molar-refractivity contribution in [1.82, 2.24) is 0 Å². The minimum Gasteiger partial charge on any atom is -0.0804 e. The van der Waals surface area contributed by atoms with Crippen LogP contribution in [0.25, 0.3) is 5.57 Å². The summed E-state index contributed by atoms with van der Waals surface area (Å²) in [5.41, 5.74) is 4.58. The van der Waals surface area contributed by atoms with Crippen molar-refractivity contribution in [3.8, 4) is 0 Å². The molecule has 0 heterocycles. The molecule has 0 heteroatoms. The maximum absolute atomic E-state index is 2.53. The molecule has 0 fully saturated rings. The van der Waals surface area contributed by atoms with Crippen molar-refractivity contribution < 1.29 is 0 Å². The van der Waals surface area contributed by atoms with E-state index < -0.39 is 0 Å². The van der Waals surface area contributed by atoms with Crippen molar-refractivity contribution in [2.24, 2.45) is 5.92 Å². The molecular formula is C24H38. The molecule has 0 N–H and O–H groups in total. The molecule has 1 aliphatic rings. The first-order valence-electron chi connectivity index (χ1n) is 10.6. The van der Waals surface area contributed by atoms with Crippen molar-refractivity contribution in [1.29, 1.82) is 0 Å². The number of aryl methyl sites for hydroxylation is 1. The zero-order valence-corrected chi connectivity index (χ0v) is 16.2. The molecule has 1 aromatic carbocycles. The highest BCUT2D eigenvalue weighted by Crippen LogP contribution is 2.33. The lowest BCUT2D eigenvalue weighted by Crippen LogP contribution is -2.05. The Balaban J connectivity index is 1.75. The molecule has 0 radical (unpaired) electrons. The topological polar surface area (TPSA) is 0 Å². The molecular weight excluding hydrogens is 288 g/mol. The highest BCUT2D eigenvalue weighted by molar-refractivity contribution is 5.66. The predicted molar refractivity (Wildman–Crippen MR) is 108 cm³/mol. The Morgan fingerprint density at radius 1 is 0.833 bits per heavy atom. The van der Waals surface area contributed by atoms with Crippen LogP contribution in [0.5, 0.6) is 0 Å². The second kappa shape index (κ2) is 11.5. The molecule has 1 unspecified atom stereocenters. The van der Waals surface area contributed by atoms with Gasteiger partial charge < -0.3 is 0 Å². The summed E-state index contributed by atoms with van der Waals surface area (Å²) in [7, 11) is 0. The van der Waals surface area contributed by atoms with Crippen LogP contribution in [0.4, 0.5) is 0 Å². The van der Waals surface area contributed by atoms with Crippen LogP contribution in [0, 0.1) is 5.92 Å². The summed E-state index contributed by atoms with van der Waals surface area (Å²) >= 11 is 0. The summed E-state index contributed by atoms with van der Waals surface area (Å²) in [5, 5.41) is 0. The number of unbranched alkanes of at least 4 members (excludes halogenated alkanes) is 6. The maximum atomic E-state index is 2.53. The van der Waals surface area contributed by atoms with Gasteiger partial charge in [0, 0.05) is 0 Å². The van der Waals surface area contributed by atoms with E-state index in [0.29, 0.717) is 0 Å². The Labute approximate surface area is 150 Å². The molecule has 0 bridgehead atoms. The zero-order valence-electron chi connectivity index (χ0n) is 16.2. The number of benzene rings is 1. The van der Waals surface area contributed by atoms with Gasteiger partial charge in [0.15, 0.2) is 0 Å². The zero-order chi connectivity index (χ0) is 17.0. The molecule has 1 aromatic rings. The maximum Gasteiger partial charge on any atom is -0.0228 e. The predicted octanol–water partition coefficient (Wildman–Crippen LogP) is 7.96. The SMILES string of the molecule is CCCCCCc1ccc(C2=CCC(CCCCCC)CC2)cc1. The van der Waals surface area contributed by atoms with Gasteiger partial charge in [-0.15, -0.1) is 0 Å². The normalized spacial score (nSPS) is 17.8. The van der Waals surface area contributed by atoms with Gasteiger partial charge in [-0.3, -0.25) is 0 Å². The van der Waals surface area contributed by atoms with Crippen molar-refractivity contribution in [2.45, 2.75) is 97.3 Å². The van der Waals surface area contributed by atoms with Crippen LogP contribution in [-0.2, 0) is 6.42 Å². The van der Waals surface area contributed by atoms with Gasteiger partial charge in [0.2, 0.25) is 0 Å². The smallest absolute Gasteiger partial charge is 0.0228 e. The lowest BCUT2D eigenvalue weighted by molar-refractivity contribution is 0.425. The number of rotatable bonds is 11. The first kappa shape index (κ1) is 19.3. The van der Waals surface area contributed by atoms with Crippen LogP contribution in [0.3, 0.4) is 0 Å². The molecule has 24 heavy (non-hydrogen) atoms. The molecule has 134 valence electrons. The lowest BCUT2D eigenvalue weighted by Gasteiger charge is -2.22. The largest absolute Gasteiger partial charge is 0.0804 e. The average Bonchev–Trinajstić information content (AvgIpc) is 2.64. The first-order chi connectivity index (χ1) is 11.8. The number of hydrogen-bond donors (Lipinski definition) is 0. The third-order valence-corrected chi connectivity index (χ3v) is 5.63. The lowest BCUT2D eigenvalue weighted by atomic mass is 9.83. The Morgan fingerprint density at radius 2 is 1.54 bits per heavy atom. The van der Waals surface area contributed by atoms with E-state index in [1.807, 2.05) is 0 Å². The highest BCUT2D eigenvalue weighted by atomic mass is 14.2. The number of allylic oxidation sites excluding steroid dienone is 2. The highest BCUT2D eigenvalue weighted by Gasteiger charge is 2.15. The molecule has 0 nitrogen and oxygen atoms in total. The van der Waals surface area contributed by atoms with E-state index >= 15 is 0 Å². The van der Waals surface area contributed by atoms with Gasteiger partial charge in [0.1, 0.15) is 0 Å². The molecule has 0 aromatic heterocycles. The van der Waals surface area contributed by atoms with E-state index in [-0.39, 0.29) is 0 Å². The number of hydrogen-bond acceptors (Lipinski definition) is 0. The van der Waals surface area contributed by atoms with Crippen LogP contribution in [0.15, 0.2) is 30.3 Å².